The predicted molar refractivity (Wildman–Crippen MR) is 159 cm³/mol. The monoisotopic (exact) mass is 621 g/mol. The second-order valence-electron chi connectivity index (χ2n) is 12.9. The standard InChI is InChI=1S/C34H39NO10/c1-7-8-11-27(38)44-26-16-24-32(4,13-12-25(42-20(3)37)33(24,5)18-41-19(2)36)30-29(39)28-23(45-34(26,30)6)15-22(43-31(28)40)21-10-9-14-35-17-21/h9-10,14-15,17,24-26,29-30,39H,11-13,16,18H2,1-6H3/t24-,25+,26+,29+,30-,32+,33+,34-/m1/s1. The SMILES string of the molecule is CC#CCC(=O)O[C@H]1C[C@H]2[C@](C)(COC(C)=O)[C@@H](OC(C)=O)CC[C@]2(C)[C@H]2[C@@H](O)c3c(cc(-c4cccnc4)oc3=O)O[C@]12C. The Labute approximate surface area is 261 Å². The highest BCUT2D eigenvalue weighted by Crippen LogP contribution is 2.67. The topological polar surface area (TPSA) is 151 Å². The first-order valence-electron chi connectivity index (χ1n) is 15.1. The number of carbonyl (C=O) groups excluding carboxylic acids is 3. The summed E-state index contributed by atoms with van der Waals surface area (Å²) in [5, 5.41) is 12.2. The van der Waals surface area contributed by atoms with E-state index in [1.165, 1.54) is 13.8 Å². The van der Waals surface area contributed by atoms with Gasteiger partial charge in [-0.05, 0) is 56.6 Å². The third-order valence-electron chi connectivity index (χ3n) is 10.1. The van der Waals surface area contributed by atoms with E-state index in [0.717, 1.165) is 0 Å². The summed E-state index contributed by atoms with van der Waals surface area (Å²) in [7, 11) is 0. The number of esters is 3. The van der Waals surface area contributed by atoms with Crippen molar-refractivity contribution >= 4 is 17.9 Å². The molecular formula is C34H39NO10. The van der Waals surface area contributed by atoms with E-state index < -0.39 is 70.1 Å². The molecule has 0 saturated heterocycles. The maximum atomic E-state index is 13.5. The molecule has 5 rings (SSSR count). The fourth-order valence-corrected chi connectivity index (χ4v) is 8.20. The van der Waals surface area contributed by atoms with Gasteiger partial charge in [-0.2, -0.15) is 0 Å². The van der Waals surface area contributed by atoms with Crippen molar-refractivity contribution in [2.24, 2.45) is 22.7 Å². The van der Waals surface area contributed by atoms with Gasteiger partial charge in [0.1, 0.15) is 47.9 Å². The van der Waals surface area contributed by atoms with Crippen molar-refractivity contribution in [2.45, 2.75) is 91.1 Å². The number of hydrogen-bond acceptors (Lipinski definition) is 11. The van der Waals surface area contributed by atoms with Gasteiger partial charge in [0.15, 0.2) is 0 Å². The quantitative estimate of drug-likeness (QED) is 0.281. The molecule has 45 heavy (non-hydrogen) atoms. The minimum Gasteiger partial charge on any atom is -0.482 e. The van der Waals surface area contributed by atoms with E-state index in [1.807, 2.05) is 13.8 Å². The van der Waals surface area contributed by atoms with E-state index in [-0.39, 0.29) is 36.5 Å². The Bertz CT molecular complexity index is 1610. The zero-order chi connectivity index (χ0) is 32.7. The van der Waals surface area contributed by atoms with Crippen LogP contribution >= 0.6 is 0 Å². The Kier molecular flexibility index (Phi) is 8.57. The summed E-state index contributed by atoms with van der Waals surface area (Å²) in [5.74, 6) is 3.02. The van der Waals surface area contributed by atoms with Gasteiger partial charge in [-0.1, -0.05) is 19.8 Å². The molecule has 0 unspecified atom stereocenters. The summed E-state index contributed by atoms with van der Waals surface area (Å²) in [6.07, 6.45) is 1.20. The average Bonchev–Trinajstić information content (AvgIpc) is 2.97. The summed E-state index contributed by atoms with van der Waals surface area (Å²) in [6.45, 7) is 9.85. The largest absolute Gasteiger partial charge is 0.482 e. The van der Waals surface area contributed by atoms with Crippen LogP contribution in [0.15, 0.2) is 39.8 Å². The number of pyridine rings is 1. The van der Waals surface area contributed by atoms with Crippen molar-refractivity contribution in [3.05, 3.63) is 46.6 Å². The van der Waals surface area contributed by atoms with Crippen LogP contribution in [-0.2, 0) is 28.6 Å². The molecule has 0 amide bonds. The van der Waals surface area contributed by atoms with Crippen LogP contribution in [-0.4, -0.2) is 52.4 Å². The van der Waals surface area contributed by atoms with E-state index in [4.69, 9.17) is 23.4 Å². The van der Waals surface area contributed by atoms with Crippen molar-refractivity contribution in [1.82, 2.24) is 4.98 Å². The van der Waals surface area contributed by atoms with Crippen LogP contribution in [0.2, 0.25) is 0 Å². The number of nitrogens with zero attached hydrogens (tertiary/aromatic N) is 1. The highest BCUT2D eigenvalue weighted by molar-refractivity contribution is 5.72. The molecule has 0 aromatic carbocycles. The molecule has 2 aromatic heterocycles. The lowest BCUT2D eigenvalue weighted by atomic mass is 9.42. The molecule has 240 valence electrons. The van der Waals surface area contributed by atoms with Gasteiger partial charge in [0, 0.05) is 49.2 Å². The molecule has 1 N–H and O–H groups in total. The molecule has 11 heteroatoms. The molecular weight excluding hydrogens is 582 g/mol. The Balaban J connectivity index is 1.67. The zero-order valence-electron chi connectivity index (χ0n) is 26.4. The molecule has 2 saturated carbocycles. The van der Waals surface area contributed by atoms with Crippen molar-refractivity contribution in [3.63, 3.8) is 0 Å². The molecule has 11 nitrogen and oxygen atoms in total. The second-order valence-corrected chi connectivity index (χ2v) is 12.9. The number of aromatic nitrogens is 1. The molecule has 2 fully saturated rings. The third-order valence-corrected chi connectivity index (χ3v) is 10.1. The number of fused-ring (bicyclic) bond motifs is 4. The molecule has 8 atom stereocenters. The molecule has 1 aliphatic heterocycles. The maximum absolute atomic E-state index is 13.5. The normalized spacial score (nSPS) is 33.1. The smallest absolute Gasteiger partial charge is 0.345 e. The maximum Gasteiger partial charge on any atom is 0.345 e. The first kappa shape index (κ1) is 32.2. The van der Waals surface area contributed by atoms with Gasteiger partial charge in [-0.25, -0.2) is 4.79 Å². The van der Waals surface area contributed by atoms with Crippen molar-refractivity contribution in [2.75, 3.05) is 6.61 Å². The Morgan fingerprint density at radius 1 is 1.13 bits per heavy atom. The molecule has 0 radical (unpaired) electrons. The second kappa shape index (κ2) is 12.0. The van der Waals surface area contributed by atoms with E-state index in [0.29, 0.717) is 18.4 Å². The number of carbonyl (C=O) groups is 3. The molecule has 2 aromatic rings. The lowest BCUT2D eigenvalue weighted by molar-refractivity contribution is -0.271. The van der Waals surface area contributed by atoms with Gasteiger partial charge < -0.3 is 28.5 Å². The number of hydrogen-bond donors (Lipinski definition) is 1. The van der Waals surface area contributed by atoms with Gasteiger partial charge in [0.2, 0.25) is 0 Å². The summed E-state index contributed by atoms with van der Waals surface area (Å²) in [5.41, 5.74) is -3.24. The van der Waals surface area contributed by atoms with Gasteiger partial charge in [0.05, 0.1) is 6.10 Å². The van der Waals surface area contributed by atoms with Crippen LogP contribution in [0.4, 0.5) is 0 Å². The van der Waals surface area contributed by atoms with E-state index in [2.05, 4.69) is 16.8 Å². The highest BCUT2D eigenvalue weighted by Gasteiger charge is 2.70. The molecule has 0 bridgehead atoms. The number of aliphatic hydroxyl groups excluding tert-OH is 1. The van der Waals surface area contributed by atoms with Crippen molar-refractivity contribution in [3.8, 4) is 28.9 Å². The van der Waals surface area contributed by atoms with Gasteiger partial charge >= 0.3 is 23.5 Å². The summed E-state index contributed by atoms with van der Waals surface area (Å²) >= 11 is 0. The fraction of sp³-hybridized carbons (Fsp3) is 0.559. The predicted octanol–water partition coefficient (Wildman–Crippen LogP) is 4.15. The minimum absolute atomic E-state index is 0.0299. The van der Waals surface area contributed by atoms with Crippen LogP contribution in [0.25, 0.3) is 11.3 Å². The van der Waals surface area contributed by atoms with Crippen LogP contribution in [0.1, 0.15) is 78.9 Å². The average molecular weight is 622 g/mol. The third kappa shape index (κ3) is 5.61. The fourth-order valence-electron chi connectivity index (χ4n) is 8.20. The first-order valence-corrected chi connectivity index (χ1v) is 15.1. The Hall–Kier alpha value is -4.17. The van der Waals surface area contributed by atoms with Gasteiger partial charge in [-0.15, -0.1) is 5.92 Å². The lowest BCUT2D eigenvalue weighted by Gasteiger charge is -2.66. The number of rotatable bonds is 6. The molecule has 3 aliphatic rings. The Morgan fingerprint density at radius 2 is 1.89 bits per heavy atom. The molecule has 2 aliphatic carbocycles. The van der Waals surface area contributed by atoms with E-state index in [1.54, 1.807) is 44.4 Å². The minimum atomic E-state index is -1.37. The van der Waals surface area contributed by atoms with Crippen molar-refractivity contribution < 1.29 is 42.9 Å². The molecule has 3 heterocycles. The number of aliphatic hydroxyl groups is 1. The zero-order valence-corrected chi connectivity index (χ0v) is 26.4. The Morgan fingerprint density at radius 3 is 2.53 bits per heavy atom. The molecule has 0 spiro atoms. The lowest BCUT2D eigenvalue weighted by Crippen LogP contribution is -2.71. The van der Waals surface area contributed by atoms with Crippen LogP contribution in [0.5, 0.6) is 5.75 Å². The van der Waals surface area contributed by atoms with Crippen LogP contribution < -0.4 is 10.4 Å². The van der Waals surface area contributed by atoms with Gasteiger partial charge in [0.25, 0.3) is 0 Å². The summed E-state index contributed by atoms with van der Waals surface area (Å²) in [4.78, 5) is 54.9. The van der Waals surface area contributed by atoms with Gasteiger partial charge in [-0.3, -0.25) is 19.4 Å². The summed E-state index contributed by atoms with van der Waals surface area (Å²) < 4.78 is 29.8. The van der Waals surface area contributed by atoms with Crippen LogP contribution in [0.3, 0.4) is 0 Å². The van der Waals surface area contributed by atoms with Crippen LogP contribution in [0, 0.1) is 34.5 Å². The van der Waals surface area contributed by atoms with Crippen molar-refractivity contribution in [1.29, 1.82) is 0 Å². The van der Waals surface area contributed by atoms with E-state index >= 15 is 0 Å². The summed E-state index contributed by atoms with van der Waals surface area (Å²) in [6, 6.07) is 4.99. The van der Waals surface area contributed by atoms with E-state index in [9.17, 15) is 24.3 Å². The first-order chi connectivity index (χ1) is 21.2. The highest BCUT2D eigenvalue weighted by atomic mass is 16.6. The number of ether oxygens (including phenoxy) is 4.